The van der Waals surface area contributed by atoms with Gasteiger partial charge in [0.05, 0.1) is 12.4 Å². The molecule has 1 aromatic rings. The Bertz CT molecular complexity index is 648. The van der Waals surface area contributed by atoms with Crippen molar-refractivity contribution >= 4 is 15.9 Å². The van der Waals surface area contributed by atoms with Gasteiger partial charge in [-0.2, -0.15) is 5.26 Å². The van der Waals surface area contributed by atoms with Crippen LogP contribution in [0.4, 0.5) is 0 Å². The molecule has 5 heteroatoms. The fourth-order valence-electron chi connectivity index (χ4n) is 2.58. The van der Waals surface area contributed by atoms with Gasteiger partial charge in [-0.05, 0) is 36.6 Å². The second-order valence-electron chi connectivity index (χ2n) is 5.20. The number of hydrogen-bond acceptors (Lipinski definition) is 4. The first-order chi connectivity index (χ1) is 10.1. The Labute approximate surface area is 126 Å². The summed E-state index contributed by atoms with van der Waals surface area (Å²) >= 11 is 0. The molecule has 4 nitrogen and oxygen atoms in total. The van der Waals surface area contributed by atoms with E-state index in [1.807, 2.05) is 6.07 Å². The summed E-state index contributed by atoms with van der Waals surface area (Å²) in [6.07, 6.45) is 5.68. The van der Waals surface area contributed by atoms with Crippen molar-refractivity contribution in [2.24, 2.45) is 0 Å². The van der Waals surface area contributed by atoms with E-state index in [2.05, 4.69) is 0 Å². The number of nitrogens with zero attached hydrogens (tertiary/aromatic N) is 1. The second kappa shape index (κ2) is 6.77. The van der Waals surface area contributed by atoms with Crippen LogP contribution in [0.3, 0.4) is 0 Å². The Morgan fingerprint density at radius 1 is 1.24 bits per heavy atom. The Hall–Kier alpha value is -1.80. The van der Waals surface area contributed by atoms with Gasteiger partial charge in [0.1, 0.15) is 16.7 Å². The highest BCUT2D eigenvalue weighted by Crippen LogP contribution is 2.28. The third-order valence-corrected chi connectivity index (χ3v) is 5.99. The lowest BCUT2D eigenvalue weighted by Crippen LogP contribution is -2.24. The van der Waals surface area contributed by atoms with E-state index in [1.54, 1.807) is 31.4 Å². The number of rotatable bonds is 4. The first-order valence-corrected chi connectivity index (χ1v) is 8.62. The first-order valence-electron chi connectivity index (χ1n) is 7.07. The number of nitriles is 1. The average molecular weight is 305 g/mol. The van der Waals surface area contributed by atoms with E-state index in [1.165, 1.54) is 6.08 Å². The minimum Gasteiger partial charge on any atom is -0.497 e. The first kappa shape index (κ1) is 15.6. The summed E-state index contributed by atoms with van der Waals surface area (Å²) in [6.45, 7) is 0. The fourth-order valence-corrected chi connectivity index (χ4v) is 4.33. The summed E-state index contributed by atoms with van der Waals surface area (Å²) < 4.78 is 30.1. The summed E-state index contributed by atoms with van der Waals surface area (Å²) in [6, 6.07) is 8.83. The standard InChI is InChI=1S/C16H19NO3S/c1-20-14-9-7-13(8-10-14)11-16(12-17)21(18,19)15-5-3-2-4-6-15/h7-11,15H,2-6H2,1H3. The second-order valence-corrected chi connectivity index (χ2v) is 7.40. The van der Waals surface area contributed by atoms with Gasteiger partial charge in [-0.1, -0.05) is 31.4 Å². The summed E-state index contributed by atoms with van der Waals surface area (Å²) in [7, 11) is -1.95. The number of ether oxygens (including phenoxy) is 1. The molecule has 0 bridgehead atoms. The summed E-state index contributed by atoms with van der Waals surface area (Å²) in [5, 5.41) is 8.83. The van der Waals surface area contributed by atoms with Crippen LogP contribution in [0.2, 0.25) is 0 Å². The molecule has 1 aliphatic rings. The van der Waals surface area contributed by atoms with Crippen LogP contribution in [0.1, 0.15) is 37.7 Å². The SMILES string of the molecule is COc1ccc(C=C(C#N)S(=O)(=O)C2CCCCC2)cc1. The zero-order valence-corrected chi connectivity index (χ0v) is 12.9. The lowest BCUT2D eigenvalue weighted by molar-refractivity contribution is 0.415. The summed E-state index contributed by atoms with van der Waals surface area (Å²) in [5.41, 5.74) is 0.687. The van der Waals surface area contributed by atoms with Crippen LogP contribution in [0.5, 0.6) is 5.75 Å². The Balaban J connectivity index is 2.28. The molecule has 0 heterocycles. The number of methoxy groups -OCH3 is 1. The maximum Gasteiger partial charge on any atom is 0.191 e. The molecule has 0 unspecified atom stereocenters. The molecule has 0 amide bonds. The normalized spacial score (nSPS) is 17.2. The Kier molecular flexibility index (Phi) is 5.03. The van der Waals surface area contributed by atoms with Crippen molar-refractivity contribution in [1.82, 2.24) is 0 Å². The van der Waals surface area contributed by atoms with Crippen LogP contribution in [0, 0.1) is 11.3 Å². The predicted molar refractivity (Wildman–Crippen MR) is 82.4 cm³/mol. The quantitative estimate of drug-likeness (QED) is 0.800. The van der Waals surface area contributed by atoms with Gasteiger partial charge in [0, 0.05) is 0 Å². The van der Waals surface area contributed by atoms with E-state index >= 15 is 0 Å². The molecule has 0 saturated heterocycles. The number of sulfone groups is 1. The minimum absolute atomic E-state index is 0.139. The molecule has 1 fully saturated rings. The Morgan fingerprint density at radius 3 is 2.38 bits per heavy atom. The molecule has 112 valence electrons. The van der Waals surface area contributed by atoms with Crippen molar-refractivity contribution in [3.8, 4) is 11.8 Å². The number of hydrogen-bond donors (Lipinski definition) is 0. The highest BCUT2D eigenvalue weighted by atomic mass is 32.2. The number of allylic oxidation sites excluding steroid dienone is 1. The largest absolute Gasteiger partial charge is 0.497 e. The molecule has 0 spiro atoms. The molecular formula is C16H19NO3S. The van der Waals surface area contributed by atoms with Crippen LogP contribution in [0.25, 0.3) is 6.08 Å². The zero-order chi connectivity index (χ0) is 15.3. The smallest absolute Gasteiger partial charge is 0.191 e. The van der Waals surface area contributed by atoms with Gasteiger partial charge in [0.15, 0.2) is 9.84 Å². The Morgan fingerprint density at radius 2 is 1.86 bits per heavy atom. The number of benzene rings is 1. The van der Waals surface area contributed by atoms with Gasteiger partial charge in [-0.3, -0.25) is 0 Å². The van der Waals surface area contributed by atoms with Crippen molar-refractivity contribution < 1.29 is 13.2 Å². The zero-order valence-electron chi connectivity index (χ0n) is 12.1. The molecule has 1 saturated carbocycles. The molecular weight excluding hydrogens is 286 g/mol. The van der Waals surface area contributed by atoms with Gasteiger partial charge < -0.3 is 4.74 Å². The van der Waals surface area contributed by atoms with E-state index in [9.17, 15) is 13.7 Å². The van der Waals surface area contributed by atoms with Crippen LogP contribution < -0.4 is 4.74 Å². The van der Waals surface area contributed by atoms with Crippen LogP contribution in [0.15, 0.2) is 29.2 Å². The highest BCUT2D eigenvalue weighted by Gasteiger charge is 2.30. The third-order valence-electron chi connectivity index (χ3n) is 3.82. The molecule has 1 aliphatic carbocycles. The van der Waals surface area contributed by atoms with Crippen LogP contribution in [-0.2, 0) is 9.84 Å². The molecule has 0 radical (unpaired) electrons. The topological polar surface area (TPSA) is 67.2 Å². The molecule has 0 aliphatic heterocycles. The minimum atomic E-state index is -3.52. The van der Waals surface area contributed by atoms with E-state index in [0.29, 0.717) is 24.2 Å². The van der Waals surface area contributed by atoms with Crippen molar-refractivity contribution in [2.45, 2.75) is 37.4 Å². The van der Waals surface area contributed by atoms with Gasteiger partial charge in [0.25, 0.3) is 0 Å². The molecule has 1 aromatic carbocycles. The molecule has 0 atom stereocenters. The maximum absolute atomic E-state index is 12.5. The van der Waals surface area contributed by atoms with E-state index in [-0.39, 0.29) is 4.91 Å². The predicted octanol–water partition coefficient (Wildman–Crippen LogP) is 3.31. The van der Waals surface area contributed by atoms with Crippen LogP contribution in [-0.4, -0.2) is 20.8 Å². The lowest BCUT2D eigenvalue weighted by Gasteiger charge is -2.21. The lowest BCUT2D eigenvalue weighted by atomic mass is 10.0. The maximum atomic E-state index is 12.5. The van der Waals surface area contributed by atoms with Gasteiger partial charge in [-0.25, -0.2) is 8.42 Å². The van der Waals surface area contributed by atoms with Crippen molar-refractivity contribution in [3.05, 3.63) is 34.7 Å². The molecule has 2 rings (SSSR count). The van der Waals surface area contributed by atoms with Crippen LogP contribution >= 0.6 is 0 Å². The van der Waals surface area contributed by atoms with Crippen molar-refractivity contribution in [1.29, 1.82) is 5.26 Å². The summed E-state index contributed by atoms with van der Waals surface area (Å²) in [5.74, 6) is 0.695. The summed E-state index contributed by atoms with van der Waals surface area (Å²) in [4.78, 5) is -0.139. The monoisotopic (exact) mass is 305 g/mol. The van der Waals surface area contributed by atoms with Crippen molar-refractivity contribution in [3.63, 3.8) is 0 Å². The fraction of sp³-hybridized carbons (Fsp3) is 0.438. The van der Waals surface area contributed by atoms with E-state index in [4.69, 9.17) is 4.74 Å². The third kappa shape index (κ3) is 3.64. The highest BCUT2D eigenvalue weighted by molar-refractivity contribution is 7.96. The van der Waals surface area contributed by atoms with Gasteiger partial charge >= 0.3 is 0 Å². The molecule has 0 aromatic heterocycles. The molecule has 21 heavy (non-hydrogen) atoms. The van der Waals surface area contributed by atoms with Crippen molar-refractivity contribution in [2.75, 3.05) is 7.11 Å². The molecule has 0 N–H and O–H groups in total. The van der Waals surface area contributed by atoms with Gasteiger partial charge in [-0.15, -0.1) is 0 Å². The van der Waals surface area contributed by atoms with Gasteiger partial charge in [0.2, 0.25) is 0 Å². The average Bonchev–Trinajstić information content (AvgIpc) is 2.53. The van der Waals surface area contributed by atoms with E-state index in [0.717, 1.165) is 19.3 Å². The van der Waals surface area contributed by atoms with E-state index < -0.39 is 15.1 Å².